The lowest BCUT2D eigenvalue weighted by atomic mass is 9.99. The number of anilines is 1. The van der Waals surface area contributed by atoms with E-state index in [4.69, 9.17) is 12.2 Å². The predicted octanol–water partition coefficient (Wildman–Crippen LogP) is 3.32. The lowest BCUT2D eigenvalue weighted by Crippen LogP contribution is -2.43. The molecular formula is C15H23N3OS. The highest BCUT2D eigenvalue weighted by molar-refractivity contribution is 7.80. The minimum atomic E-state index is -0.0660. The Morgan fingerprint density at radius 3 is 2.40 bits per heavy atom. The second kappa shape index (κ2) is 8.53. The summed E-state index contributed by atoms with van der Waals surface area (Å²) in [6.45, 7) is 6.34. The van der Waals surface area contributed by atoms with Crippen molar-refractivity contribution < 1.29 is 4.79 Å². The van der Waals surface area contributed by atoms with E-state index in [9.17, 15) is 4.79 Å². The molecule has 4 nitrogen and oxygen atoms in total. The third kappa shape index (κ3) is 5.57. The Labute approximate surface area is 126 Å². The zero-order chi connectivity index (χ0) is 15.0. The Morgan fingerprint density at radius 2 is 1.85 bits per heavy atom. The molecule has 0 aliphatic carbocycles. The summed E-state index contributed by atoms with van der Waals surface area (Å²) in [6, 6.07) is 8.16. The van der Waals surface area contributed by atoms with Crippen molar-refractivity contribution in [3.8, 4) is 0 Å². The molecule has 1 aromatic carbocycles. The molecule has 0 saturated heterocycles. The summed E-state index contributed by atoms with van der Waals surface area (Å²) in [7, 11) is 0. The van der Waals surface area contributed by atoms with Crippen LogP contribution in [-0.4, -0.2) is 11.0 Å². The molecule has 0 heterocycles. The van der Waals surface area contributed by atoms with Crippen molar-refractivity contribution in [2.24, 2.45) is 0 Å². The molecule has 0 fully saturated rings. The van der Waals surface area contributed by atoms with Gasteiger partial charge >= 0.3 is 0 Å². The summed E-state index contributed by atoms with van der Waals surface area (Å²) in [5.41, 5.74) is 7.45. The summed E-state index contributed by atoms with van der Waals surface area (Å²) in [5, 5.41) is 3.41. The van der Waals surface area contributed by atoms with E-state index in [1.807, 2.05) is 19.1 Å². The molecule has 0 saturated carbocycles. The Morgan fingerprint density at radius 1 is 1.20 bits per heavy atom. The van der Waals surface area contributed by atoms with Crippen molar-refractivity contribution in [3.05, 3.63) is 29.8 Å². The van der Waals surface area contributed by atoms with Gasteiger partial charge in [0.1, 0.15) is 0 Å². The molecule has 0 bridgehead atoms. The average Bonchev–Trinajstić information content (AvgIpc) is 2.45. The third-order valence-electron chi connectivity index (χ3n) is 3.14. The van der Waals surface area contributed by atoms with Crippen LogP contribution in [0, 0.1) is 0 Å². The largest absolute Gasteiger partial charge is 0.331 e. The van der Waals surface area contributed by atoms with Gasteiger partial charge in [-0.25, -0.2) is 0 Å². The normalized spacial score (nSPS) is 11.6. The lowest BCUT2D eigenvalue weighted by molar-refractivity contribution is -0.121. The first-order valence-corrected chi connectivity index (χ1v) is 7.43. The van der Waals surface area contributed by atoms with Crippen molar-refractivity contribution in [2.45, 2.75) is 46.0 Å². The highest BCUT2D eigenvalue weighted by Crippen LogP contribution is 2.20. The van der Waals surface area contributed by atoms with Crippen LogP contribution in [0.1, 0.15) is 51.5 Å². The van der Waals surface area contributed by atoms with Crippen LogP contribution < -0.4 is 16.2 Å². The first-order valence-electron chi connectivity index (χ1n) is 7.02. The number of thiocarbonyl (C=S) groups is 1. The molecule has 0 aromatic heterocycles. The predicted molar refractivity (Wildman–Crippen MR) is 87.6 cm³/mol. The summed E-state index contributed by atoms with van der Waals surface area (Å²) in [6.07, 6.45) is 2.42. The van der Waals surface area contributed by atoms with Gasteiger partial charge in [-0.3, -0.25) is 15.6 Å². The van der Waals surface area contributed by atoms with Crippen molar-refractivity contribution >= 4 is 28.9 Å². The Balaban J connectivity index is 2.44. The molecule has 1 rings (SSSR count). The molecule has 0 radical (unpaired) electrons. The van der Waals surface area contributed by atoms with Gasteiger partial charge < -0.3 is 5.32 Å². The number of hydrogen-bond donors (Lipinski definition) is 3. The standard InChI is InChI=1S/C15H23N3OS/c1-4-6-14(19)17-18-15(20)16-13-9-7-12(8-10-13)11(3)5-2/h7-11H,4-6H2,1-3H3,(H,17,19)(H2,16,18,20)/t11-/m0/s1. The number of amides is 1. The van der Waals surface area contributed by atoms with Gasteiger partial charge in [0, 0.05) is 12.1 Å². The zero-order valence-electron chi connectivity index (χ0n) is 12.3. The fraction of sp³-hybridized carbons (Fsp3) is 0.467. The van der Waals surface area contributed by atoms with Crippen LogP contribution >= 0.6 is 12.2 Å². The van der Waals surface area contributed by atoms with E-state index in [-0.39, 0.29) is 5.91 Å². The van der Waals surface area contributed by atoms with Crippen molar-refractivity contribution in [1.29, 1.82) is 0 Å². The van der Waals surface area contributed by atoms with Crippen LogP contribution in [-0.2, 0) is 4.79 Å². The highest BCUT2D eigenvalue weighted by Gasteiger charge is 2.04. The van der Waals surface area contributed by atoms with Crippen LogP contribution in [0.25, 0.3) is 0 Å². The van der Waals surface area contributed by atoms with Gasteiger partial charge in [0.05, 0.1) is 0 Å². The van der Waals surface area contributed by atoms with E-state index in [2.05, 4.69) is 42.1 Å². The van der Waals surface area contributed by atoms with Crippen molar-refractivity contribution in [1.82, 2.24) is 10.9 Å². The van der Waals surface area contributed by atoms with Crippen LogP contribution in [0.5, 0.6) is 0 Å². The topological polar surface area (TPSA) is 53.2 Å². The van der Waals surface area contributed by atoms with E-state index in [0.717, 1.165) is 18.5 Å². The lowest BCUT2D eigenvalue weighted by Gasteiger charge is -2.13. The fourth-order valence-corrected chi connectivity index (χ4v) is 1.88. The van der Waals surface area contributed by atoms with Crippen LogP contribution in [0.4, 0.5) is 5.69 Å². The van der Waals surface area contributed by atoms with Gasteiger partial charge in [-0.15, -0.1) is 0 Å². The van der Waals surface area contributed by atoms with Gasteiger partial charge in [-0.1, -0.05) is 32.9 Å². The summed E-state index contributed by atoms with van der Waals surface area (Å²) in [4.78, 5) is 11.3. The molecule has 1 aromatic rings. The molecule has 3 N–H and O–H groups in total. The van der Waals surface area contributed by atoms with Gasteiger partial charge in [0.2, 0.25) is 5.91 Å². The number of carbonyl (C=O) groups excluding carboxylic acids is 1. The number of hydrazine groups is 1. The first kappa shape index (κ1) is 16.4. The molecule has 0 aliphatic rings. The van der Waals surface area contributed by atoms with E-state index in [1.165, 1.54) is 5.56 Å². The Kier molecular flexibility index (Phi) is 7.01. The van der Waals surface area contributed by atoms with Gasteiger partial charge in [0.25, 0.3) is 0 Å². The van der Waals surface area contributed by atoms with Crippen molar-refractivity contribution in [3.63, 3.8) is 0 Å². The number of benzene rings is 1. The van der Waals surface area contributed by atoms with E-state index in [1.54, 1.807) is 0 Å². The SMILES string of the molecule is CCCC(=O)NNC(=S)Nc1ccc([C@@H](C)CC)cc1. The van der Waals surface area contributed by atoms with Crippen LogP contribution in [0.15, 0.2) is 24.3 Å². The van der Waals surface area contributed by atoms with Gasteiger partial charge in [-0.2, -0.15) is 0 Å². The zero-order valence-corrected chi connectivity index (χ0v) is 13.1. The summed E-state index contributed by atoms with van der Waals surface area (Å²) < 4.78 is 0. The molecular weight excluding hydrogens is 270 g/mol. The summed E-state index contributed by atoms with van der Waals surface area (Å²) >= 11 is 5.11. The fourth-order valence-electron chi connectivity index (χ4n) is 1.71. The smallest absolute Gasteiger partial charge is 0.238 e. The summed E-state index contributed by atoms with van der Waals surface area (Å²) in [5.74, 6) is 0.492. The second-order valence-corrected chi connectivity index (χ2v) is 5.22. The molecule has 1 atom stereocenters. The number of rotatable bonds is 5. The third-order valence-corrected chi connectivity index (χ3v) is 3.35. The monoisotopic (exact) mass is 293 g/mol. The molecule has 0 aliphatic heterocycles. The Hall–Kier alpha value is -1.62. The number of nitrogens with one attached hydrogen (secondary N) is 3. The van der Waals surface area contributed by atoms with E-state index >= 15 is 0 Å². The molecule has 0 spiro atoms. The second-order valence-electron chi connectivity index (χ2n) is 4.81. The van der Waals surface area contributed by atoms with E-state index < -0.39 is 0 Å². The minimum Gasteiger partial charge on any atom is -0.331 e. The maximum atomic E-state index is 11.3. The minimum absolute atomic E-state index is 0.0660. The molecule has 1 amide bonds. The molecule has 0 unspecified atom stereocenters. The van der Waals surface area contributed by atoms with Gasteiger partial charge in [-0.05, 0) is 48.7 Å². The highest BCUT2D eigenvalue weighted by atomic mass is 32.1. The maximum absolute atomic E-state index is 11.3. The van der Waals surface area contributed by atoms with Gasteiger partial charge in [0.15, 0.2) is 5.11 Å². The van der Waals surface area contributed by atoms with Crippen LogP contribution in [0.2, 0.25) is 0 Å². The number of hydrogen-bond acceptors (Lipinski definition) is 2. The molecule has 20 heavy (non-hydrogen) atoms. The number of carbonyl (C=O) groups is 1. The van der Waals surface area contributed by atoms with Crippen molar-refractivity contribution in [2.75, 3.05) is 5.32 Å². The average molecular weight is 293 g/mol. The van der Waals surface area contributed by atoms with E-state index in [0.29, 0.717) is 17.5 Å². The molecule has 5 heteroatoms. The quantitative estimate of drug-likeness (QED) is 0.576. The maximum Gasteiger partial charge on any atom is 0.238 e. The molecule has 110 valence electrons. The van der Waals surface area contributed by atoms with Crippen LogP contribution in [0.3, 0.4) is 0 Å². The Bertz CT molecular complexity index is 445. The first-order chi connectivity index (χ1) is 9.56.